The zero-order chi connectivity index (χ0) is 30.0. The SMILES string of the molecule is Nc1ccccc1.O=S(=O)(Oc1ccccc1)C(F)(F)F.Oc1ccccc1.c1ccc(Cc2ccccc2)cc1. The standard InChI is InChI=1S/C13H12.C7H5F3O3S.C6H7N.C6H6O/c1-3-7-12(8-4-1)11-13-9-5-2-6-10-13;8-7(9,10)14(11,12)13-6-4-2-1-3-5-6;2*7-6-4-2-1-3-5-6/h1-10H,11H2;1-5H;1-5H,7H2;1-5,7H. The molecule has 3 N–H and O–H groups in total. The molecule has 0 aliphatic heterocycles. The summed E-state index contributed by atoms with van der Waals surface area (Å²) in [5, 5.41) is 8.63. The van der Waals surface area contributed by atoms with Crippen LogP contribution in [0.25, 0.3) is 0 Å². The van der Waals surface area contributed by atoms with E-state index in [0.717, 1.165) is 24.2 Å². The lowest BCUT2D eigenvalue weighted by atomic mass is 10.1. The number of rotatable bonds is 4. The minimum atomic E-state index is -5.55. The van der Waals surface area contributed by atoms with Crippen molar-refractivity contribution in [2.75, 3.05) is 5.73 Å². The lowest BCUT2D eigenvalue weighted by Crippen LogP contribution is -2.27. The molecule has 0 aromatic heterocycles. The van der Waals surface area contributed by atoms with Gasteiger partial charge in [-0.1, -0.05) is 115 Å². The maximum atomic E-state index is 11.8. The number of aromatic hydroxyl groups is 1. The van der Waals surface area contributed by atoms with Crippen LogP contribution in [0.5, 0.6) is 11.5 Å². The van der Waals surface area contributed by atoms with Crippen LogP contribution in [0.2, 0.25) is 0 Å². The van der Waals surface area contributed by atoms with E-state index in [1.165, 1.54) is 29.3 Å². The van der Waals surface area contributed by atoms with Crippen LogP contribution in [-0.2, 0) is 16.5 Å². The number of para-hydroxylation sites is 3. The monoisotopic (exact) mass is 581 g/mol. The molecule has 0 saturated heterocycles. The summed E-state index contributed by atoms with van der Waals surface area (Å²) in [7, 11) is -5.55. The van der Waals surface area contributed by atoms with Gasteiger partial charge < -0.3 is 15.0 Å². The first-order valence-corrected chi connectivity index (χ1v) is 13.7. The normalized spacial score (nSPS) is 10.3. The number of nitrogen functional groups attached to an aromatic ring is 1. The van der Waals surface area contributed by atoms with E-state index in [4.69, 9.17) is 10.8 Å². The van der Waals surface area contributed by atoms with E-state index in [0.29, 0.717) is 5.75 Å². The number of nitrogens with two attached hydrogens (primary N) is 1. The second-order valence-corrected chi connectivity index (χ2v) is 9.73. The summed E-state index contributed by atoms with van der Waals surface area (Å²) in [5.41, 5.74) is 3.52. The minimum Gasteiger partial charge on any atom is -0.508 e. The molecule has 0 amide bonds. The molecular weight excluding hydrogens is 551 g/mol. The lowest BCUT2D eigenvalue weighted by Gasteiger charge is -2.08. The van der Waals surface area contributed by atoms with Crippen LogP contribution >= 0.6 is 0 Å². The molecule has 0 spiro atoms. The summed E-state index contributed by atoms with van der Waals surface area (Å²) in [6.07, 6.45) is 1.03. The molecule has 0 bridgehead atoms. The number of phenols is 1. The maximum Gasteiger partial charge on any atom is 0.534 e. The Kier molecular flexibility index (Phi) is 13.5. The summed E-state index contributed by atoms with van der Waals surface area (Å²) in [6, 6.07) is 45.7. The van der Waals surface area contributed by atoms with Gasteiger partial charge in [0.05, 0.1) is 0 Å². The van der Waals surface area contributed by atoms with Gasteiger partial charge in [-0.15, -0.1) is 0 Å². The van der Waals surface area contributed by atoms with Gasteiger partial charge in [-0.05, 0) is 53.9 Å². The molecule has 5 aromatic rings. The second-order valence-electron chi connectivity index (χ2n) is 8.19. The molecule has 0 aliphatic carbocycles. The fourth-order valence-electron chi connectivity index (χ4n) is 2.96. The largest absolute Gasteiger partial charge is 0.534 e. The van der Waals surface area contributed by atoms with Gasteiger partial charge in [-0.3, -0.25) is 0 Å². The molecule has 0 unspecified atom stereocenters. The van der Waals surface area contributed by atoms with Crippen molar-refractivity contribution in [2.24, 2.45) is 0 Å². The van der Waals surface area contributed by atoms with Crippen molar-refractivity contribution in [3.05, 3.63) is 163 Å². The fraction of sp³-hybridized carbons (Fsp3) is 0.0625. The van der Waals surface area contributed by atoms with Crippen molar-refractivity contribution in [2.45, 2.75) is 11.9 Å². The smallest absolute Gasteiger partial charge is 0.508 e. The van der Waals surface area contributed by atoms with Gasteiger partial charge in [0, 0.05) is 5.69 Å². The molecule has 5 aromatic carbocycles. The Hall–Kier alpha value is -4.76. The highest BCUT2D eigenvalue weighted by molar-refractivity contribution is 7.88. The lowest BCUT2D eigenvalue weighted by molar-refractivity contribution is -0.0500. The van der Waals surface area contributed by atoms with Crippen molar-refractivity contribution in [3.63, 3.8) is 0 Å². The van der Waals surface area contributed by atoms with E-state index in [9.17, 15) is 21.6 Å². The number of phenolic OH excluding ortho intramolecular Hbond substituents is 1. The fourth-order valence-corrected chi connectivity index (χ4v) is 3.42. The minimum absolute atomic E-state index is 0.322. The van der Waals surface area contributed by atoms with Crippen molar-refractivity contribution in [1.82, 2.24) is 0 Å². The number of alkyl halides is 3. The highest BCUT2D eigenvalue weighted by atomic mass is 32.2. The third kappa shape index (κ3) is 13.7. The van der Waals surface area contributed by atoms with Crippen molar-refractivity contribution in [1.29, 1.82) is 0 Å². The molecule has 0 saturated carbocycles. The molecule has 0 aliphatic rings. The molecule has 5 nitrogen and oxygen atoms in total. The second kappa shape index (κ2) is 17.0. The molecule has 0 fully saturated rings. The van der Waals surface area contributed by atoms with Gasteiger partial charge >= 0.3 is 15.6 Å². The summed E-state index contributed by atoms with van der Waals surface area (Å²) in [4.78, 5) is 0. The van der Waals surface area contributed by atoms with Crippen LogP contribution in [0.3, 0.4) is 0 Å². The highest BCUT2D eigenvalue weighted by Crippen LogP contribution is 2.26. The number of hydrogen-bond donors (Lipinski definition) is 2. The predicted molar refractivity (Wildman–Crippen MR) is 157 cm³/mol. The molecule has 5 rings (SSSR count). The Morgan fingerprint density at radius 1 is 0.585 bits per heavy atom. The average molecular weight is 582 g/mol. The van der Waals surface area contributed by atoms with Gasteiger partial charge in [0.15, 0.2) is 0 Å². The van der Waals surface area contributed by atoms with Crippen LogP contribution in [0.1, 0.15) is 11.1 Å². The summed E-state index contributed by atoms with van der Waals surface area (Å²) in [5.74, 6) is -0.0488. The molecule has 0 radical (unpaired) electrons. The van der Waals surface area contributed by atoms with E-state index in [-0.39, 0.29) is 5.75 Å². The number of halogens is 3. The summed E-state index contributed by atoms with van der Waals surface area (Å²) < 4.78 is 60.2. The maximum absolute atomic E-state index is 11.8. The molecule has 9 heteroatoms. The third-order valence-corrected chi connectivity index (χ3v) is 5.86. The average Bonchev–Trinajstić information content (AvgIpc) is 2.96. The van der Waals surface area contributed by atoms with E-state index < -0.39 is 15.6 Å². The van der Waals surface area contributed by atoms with E-state index >= 15 is 0 Å². The zero-order valence-electron chi connectivity index (χ0n) is 21.9. The predicted octanol–water partition coefficient (Wildman–Crippen LogP) is 7.85. The van der Waals surface area contributed by atoms with E-state index in [2.05, 4.69) is 64.8 Å². The molecule has 0 heterocycles. The van der Waals surface area contributed by atoms with Gasteiger partial charge in [-0.2, -0.15) is 21.6 Å². The first-order valence-electron chi connectivity index (χ1n) is 12.2. The van der Waals surface area contributed by atoms with Gasteiger partial charge in [-0.25, -0.2) is 0 Å². The highest BCUT2D eigenvalue weighted by Gasteiger charge is 2.48. The quantitative estimate of drug-likeness (QED) is 0.128. The van der Waals surface area contributed by atoms with Gasteiger partial charge in [0.1, 0.15) is 11.5 Å². The Morgan fingerprint density at radius 3 is 1.22 bits per heavy atom. The molecule has 214 valence electrons. The Morgan fingerprint density at radius 2 is 0.927 bits per heavy atom. The van der Waals surface area contributed by atoms with Gasteiger partial charge in [0.25, 0.3) is 0 Å². The first-order chi connectivity index (χ1) is 19.6. The summed E-state index contributed by atoms with van der Waals surface area (Å²) in [6.45, 7) is 0. The van der Waals surface area contributed by atoms with Gasteiger partial charge in [0.2, 0.25) is 0 Å². The number of anilines is 1. The Bertz CT molecular complexity index is 1400. The van der Waals surface area contributed by atoms with Crippen molar-refractivity contribution < 1.29 is 30.9 Å². The van der Waals surface area contributed by atoms with E-state index in [1.807, 2.05) is 36.4 Å². The van der Waals surface area contributed by atoms with Crippen LogP contribution < -0.4 is 9.92 Å². The van der Waals surface area contributed by atoms with Crippen LogP contribution in [-0.4, -0.2) is 19.0 Å². The Balaban J connectivity index is 0.000000200. The first kappa shape index (κ1) is 32.5. The molecular formula is C32H30F3NO4S. The van der Waals surface area contributed by atoms with E-state index in [1.54, 1.807) is 24.3 Å². The van der Waals surface area contributed by atoms with Crippen LogP contribution in [0.15, 0.2) is 152 Å². The third-order valence-electron chi connectivity index (χ3n) is 4.88. The summed E-state index contributed by atoms with van der Waals surface area (Å²) >= 11 is 0. The topological polar surface area (TPSA) is 89.6 Å². The number of hydrogen-bond acceptors (Lipinski definition) is 5. The molecule has 41 heavy (non-hydrogen) atoms. The van der Waals surface area contributed by atoms with Crippen LogP contribution in [0.4, 0.5) is 18.9 Å². The Labute approximate surface area is 238 Å². The van der Waals surface area contributed by atoms with Crippen molar-refractivity contribution >= 4 is 15.8 Å². The molecule has 0 atom stereocenters. The zero-order valence-corrected chi connectivity index (χ0v) is 22.7. The van der Waals surface area contributed by atoms with Crippen molar-refractivity contribution in [3.8, 4) is 11.5 Å². The van der Waals surface area contributed by atoms with Crippen LogP contribution in [0, 0.1) is 0 Å². The number of benzene rings is 5.